The normalized spacial score (nSPS) is 10.8. The summed E-state index contributed by atoms with van der Waals surface area (Å²) in [5, 5.41) is 11.4. The molecule has 1 heterocycles. The van der Waals surface area contributed by atoms with Crippen LogP contribution in [0.3, 0.4) is 0 Å². The molecular formula is C20H19N3O. The highest BCUT2D eigenvalue weighted by Gasteiger charge is 2.16. The van der Waals surface area contributed by atoms with Crippen LogP contribution in [0.25, 0.3) is 21.9 Å². The third-order valence-electron chi connectivity index (χ3n) is 3.92. The summed E-state index contributed by atoms with van der Waals surface area (Å²) in [5.74, 6) is 0.769. The number of hydrogen-bond acceptors (Lipinski definition) is 4. The Morgan fingerprint density at radius 1 is 1.08 bits per heavy atom. The Morgan fingerprint density at radius 2 is 1.83 bits per heavy atom. The van der Waals surface area contributed by atoms with E-state index in [1.807, 2.05) is 50.5 Å². The van der Waals surface area contributed by atoms with E-state index < -0.39 is 0 Å². The van der Waals surface area contributed by atoms with Gasteiger partial charge < -0.3 is 9.64 Å². The quantitative estimate of drug-likeness (QED) is 0.733. The standard InChI is InChI=1S/C20H19N3O/c1-23(2)13-19-20(14-7-5-4-6-8-14)17-11-15(24-3)9-10-16(17)18(12-21)22-19/h4-11H,13H2,1-3H3. The number of nitrogens with zero attached hydrogens (tertiary/aromatic N) is 3. The van der Waals surface area contributed by atoms with E-state index in [-0.39, 0.29) is 0 Å². The largest absolute Gasteiger partial charge is 0.497 e. The lowest BCUT2D eigenvalue weighted by Crippen LogP contribution is -2.14. The molecule has 4 nitrogen and oxygen atoms in total. The second-order valence-electron chi connectivity index (χ2n) is 5.91. The van der Waals surface area contributed by atoms with Gasteiger partial charge in [0.2, 0.25) is 0 Å². The maximum absolute atomic E-state index is 9.52. The van der Waals surface area contributed by atoms with E-state index in [1.165, 1.54) is 0 Å². The number of ether oxygens (including phenoxy) is 1. The van der Waals surface area contributed by atoms with Gasteiger partial charge in [-0.25, -0.2) is 4.98 Å². The van der Waals surface area contributed by atoms with Crippen molar-refractivity contribution < 1.29 is 4.74 Å². The van der Waals surface area contributed by atoms with Crippen LogP contribution >= 0.6 is 0 Å². The molecule has 0 unspecified atom stereocenters. The van der Waals surface area contributed by atoms with E-state index in [0.717, 1.165) is 33.3 Å². The molecule has 0 aliphatic carbocycles. The molecule has 3 aromatic rings. The molecule has 0 bridgehead atoms. The number of hydrogen-bond donors (Lipinski definition) is 0. The van der Waals surface area contributed by atoms with E-state index in [2.05, 4.69) is 28.1 Å². The van der Waals surface area contributed by atoms with Crippen LogP contribution in [0.5, 0.6) is 5.75 Å². The lowest BCUT2D eigenvalue weighted by Gasteiger charge is -2.17. The Labute approximate surface area is 141 Å². The molecule has 0 amide bonds. The number of benzene rings is 2. The second kappa shape index (κ2) is 6.69. The summed E-state index contributed by atoms with van der Waals surface area (Å²) in [7, 11) is 5.65. The number of methoxy groups -OCH3 is 1. The topological polar surface area (TPSA) is 49.1 Å². The van der Waals surface area contributed by atoms with Crippen LogP contribution in [-0.4, -0.2) is 31.1 Å². The molecule has 0 fully saturated rings. The highest BCUT2D eigenvalue weighted by atomic mass is 16.5. The Hall–Kier alpha value is -2.90. The molecule has 0 spiro atoms. The maximum atomic E-state index is 9.52. The van der Waals surface area contributed by atoms with Crippen molar-refractivity contribution in [2.75, 3.05) is 21.2 Å². The number of pyridine rings is 1. The number of nitriles is 1. The molecule has 4 heteroatoms. The predicted molar refractivity (Wildman–Crippen MR) is 95.8 cm³/mol. The van der Waals surface area contributed by atoms with Gasteiger partial charge >= 0.3 is 0 Å². The molecule has 0 N–H and O–H groups in total. The minimum absolute atomic E-state index is 0.448. The summed E-state index contributed by atoms with van der Waals surface area (Å²) < 4.78 is 5.39. The molecule has 0 aliphatic rings. The van der Waals surface area contributed by atoms with Gasteiger partial charge in [-0.1, -0.05) is 30.3 Å². The first-order chi connectivity index (χ1) is 11.6. The molecule has 2 aromatic carbocycles. The van der Waals surface area contributed by atoms with Crippen LogP contribution in [0.15, 0.2) is 48.5 Å². The first-order valence-corrected chi connectivity index (χ1v) is 7.75. The Balaban J connectivity index is 2.41. The average molecular weight is 317 g/mol. The first kappa shape index (κ1) is 16.0. The van der Waals surface area contributed by atoms with Crippen molar-refractivity contribution >= 4 is 10.8 Å². The Morgan fingerprint density at radius 3 is 2.46 bits per heavy atom. The highest BCUT2D eigenvalue weighted by molar-refractivity contribution is 6.00. The van der Waals surface area contributed by atoms with Crippen LogP contribution < -0.4 is 4.74 Å². The summed E-state index contributed by atoms with van der Waals surface area (Å²) >= 11 is 0. The second-order valence-corrected chi connectivity index (χ2v) is 5.91. The minimum Gasteiger partial charge on any atom is -0.497 e. The van der Waals surface area contributed by atoms with Crippen molar-refractivity contribution in [2.45, 2.75) is 6.54 Å². The van der Waals surface area contributed by atoms with Crippen LogP contribution in [0.2, 0.25) is 0 Å². The molecule has 0 saturated carbocycles. The molecule has 0 atom stereocenters. The molecule has 0 saturated heterocycles. The van der Waals surface area contributed by atoms with Crippen LogP contribution in [-0.2, 0) is 6.54 Å². The number of fused-ring (bicyclic) bond motifs is 1. The highest BCUT2D eigenvalue weighted by Crippen LogP contribution is 2.35. The molecule has 24 heavy (non-hydrogen) atoms. The fourth-order valence-corrected chi connectivity index (χ4v) is 2.90. The average Bonchev–Trinajstić information content (AvgIpc) is 2.60. The van der Waals surface area contributed by atoms with Crippen LogP contribution in [0.1, 0.15) is 11.4 Å². The zero-order chi connectivity index (χ0) is 17.1. The van der Waals surface area contributed by atoms with E-state index >= 15 is 0 Å². The van der Waals surface area contributed by atoms with E-state index in [0.29, 0.717) is 12.2 Å². The van der Waals surface area contributed by atoms with Crippen LogP contribution in [0.4, 0.5) is 0 Å². The Kier molecular flexibility index (Phi) is 4.45. The van der Waals surface area contributed by atoms with Crippen molar-refractivity contribution in [3.63, 3.8) is 0 Å². The van der Waals surface area contributed by atoms with Crippen molar-refractivity contribution in [1.82, 2.24) is 9.88 Å². The van der Waals surface area contributed by atoms with Crippen LogP contribution in [0, 0.1) is 11.3 Å². The van der Waals surface area contributed by atoms with E-state index in [1.54, 1.807) is 7.11 Å². The molecule has 3 rings (SSSR count). The summed E-state index contributed by atoms with van der Waals surface area (Å²) in [6.07, 6.45) is 0. The van der Waals surface area contributed by atoms with Gasteiger partial charge in [-0.3, -0.25) is 0 Å². The van der Waals surface area contributed by atoms with Gasteiger partial charge in [-0.05, 0) is 43.2 Å². The van der Waals surface area contributed by atoms with Crippen molar-refractivity contribution in [3.05, 3.63) is 59.9 Å². The Bertz CT molecular complexity index is 912. The first-order valence-electron chi connectivity index (χ1n) is 7.75. The number of aromatic nitrogens is 1. The summed E-state index contributed by atoms with van der Waals surface area (Å²) in [6.45, 7) is 0.659. The third-order valence-corrected chi connectivity index (χ3v) is 3.92. The third kappa shape index (κ3) is 2.94. The van der Waals surface area contributed by atoms with Gasteiger partial charge in [0.05, 0.1) is 12.8 Å². The minimum atomic E-state index is 0.448. The fraction of sp³-hybridized carbons (Fsp3) is 0.200. The molecule has 0 aliphatic heterocycles. The van der Waals surface area contributed by atoms with Crippen molar-refractivity contribution in [1.29, 1.82) is 5.26 Å². The summed E-state index contributed by atoms with van der Waals surface area (Å²) in [4.78, 5) is 6.71. The van der Waals surface area contributed by atoms with Gasteiger partial charge in [-0.2, -0.15) is 5.26 Å². The van der Waals surface area contributed by atoms with Crippen molar-refractivity contribution in [2.24, 2.45) is 0 Å². The van der Waals surface area contributed by atoms with Crippen molar-refractivity contribution in [3.8, 4) is 22.9 Å². The molecule has 1 aromatic heterocycles. The van der Waals surface area contributed by atoms with Gasteiger partial charge in [-0.15, -0.1) is 0 Å². The van der Waals surface area contributed by atoms with E-state index in [9.17, 15) is 5.26 Å². The monoisotopic (exact) mass is 317 g/mol. The molecule has 0 radical (unpaired) electrons. The zero-order valence-electron chi connectivity index (χ0n) is 14.1. The lowest BCUT2D eigenvalue weighted by molar-refractivity contribution is 0.397. The number of rotatable bonds is 4. The SMILES string of the molecule is COc1ccc2c(C#N)nc(CN(C)C)c(-c3ccccc3)c2c1. The van der Waals surface area contributed by atoms with Gasteiger partial charge in [0.1, 0.15) is 17.5 Å². The zero-order valence-corrected chi connectivity index (χ0v) is 14.1. The molecule has 120 valence electrons. The van der Waals surface area contributed by atoms with Gasteiger partial charge in [0, 0.05) is 17.5 Å². The predicted octanol–water partition coefficient (Wildman–Crippen LogP) is 3.84. The lowest BCUT2D eigenvalue weighted by atomic mass is 9.95. The fourth-order valence-electron chi connectivity index (χ4n) is 2.90. The molecular weight excluding hydrogens is 298 g/mol. The summed E-state index contributed by atoms with van der Waals surface area (Å²) in [5.41, 5.74) is 3.48. The van der Waals surface area contributed by atoms with E-state index in [4.69, 9.17) is 4.74 Å². The summed E-state index contributed by atoms with van der Waals surface area (Å²) in [6, 6.07) is 18.2. The van der Waals surface area contributed by atoms with Gasteiger partial charge in [0.15, 0.2) is 0 Å². The maximum Gasteiger partial charge on any atom is 0.148 e. The smallest absolute Gasteiger partial charge is 0.148 e. The van der Waals surface area contributed by atoms with Gasteiger partial charge in [0.25, 0.3) is 0 Å².